The zero-order valence-electron chi connectivity index (χ0n) is 12.2. The molecule has 1 aromatic carbocycles. The zero-order valence-corrected chi connectivity index (χ0v) is 12.2. The maximum Gasteiger partial charge on any atom is 0.157 e. The summed E-state index contributed by atoms with van der Waals surface area (Å²) in [5.74, 6) is 1.50. The summed E-state index contributed by atoms with van der Waals surface area (Å²) in [6.45, 7) is 4.93. The number of hydrogen-bond acceptors (Lipinski definition) is 4. The van der Waals surface area contributed by atoms with Gasteiger partial charge in [-0.2, -0.15) is 5.10 Å². The van der Waals surface area contributed by atoms with Gasteiger partial charge in [-0.25, -0.2) is 0 Å². The molecule has 2 aromatic heterocycles. The first-order valence-electron chi connectivity index (χ1n) is 7.05. The second-order valence-corrected chi connectivity index (χ2v) is 5.24. The van der Waals surface area contributed by atoms with E-state index >= 15 is 0 Å². The molecule has 0 bridgehead atoms. The van der Waals surface area contributed by atoms with E-state index in [4.69, 9.17) is 14.9 Å². The molecule has 0 saturated carbocycles. The predicted octanol–water partition coefficient (Wildman–Crippen LogP) is 3.25. The highest BCUT2D eigenvalue weighted by Crippen LogP contribution is 2.26. The van der Waals surface area contributed by atoms with E-state index in [1.165, 1.54) is 0 Å². The molecule has 110 valence electrons. The van der Waals surface area contributed by atoms with Gasteiger partial charge in [0.2, 0.25) is 0 Å². The normalized spacial score (nSPS) is 11.4. The van der Waals surface area contributed by atoms with Gasteiger partial charge in [0.25, 0.3) is 0 Å². The molecule has 0 saturated heterocycles. The van der Waals surface area contributed by atoms with Gasteiger partial charge in [-0.3, -0.25) is 4.68 Å². The summed E-state index contributed by atoms with van der Waals surface area (Å²) in [6, 6.07) is 8.20. The van der Waals surface area contributed by atoms with Crippen LogP contribution in [0.4, 0.5) is 0 Å². The van der Waals surface area contributed by atoms with E-state index in [9.17, 15) is 0 Å². The molecule has 3 rings (SSSR count). The van der Waals surface area contributed by atoms with E-state index in [0.29, 0.717) is 19.2 Å². The number of aromatic nitrogens is 2. The van der Waals surface area contributed by atoms with Crippen LogP contribution in [0.1, 0.15) is 31.2 Å². The Morgan fingerprint density at radius 3 is 2.86 bits per heavy atom. The highest BCUT2D eigenvalue weighted by molar-refractivity contribution is 5.82. The van der Waals surface area contributed by atoms with E-state index in [0.717, 1.165) is 28.0 Å². The molecule has 0 atom stereocenters. The number of nitrogens with zero attached hydrogens (tertiary/aromatic N) is 2. The van der Waals surface area contributed by atoms with Crippen LogP contribution < -0.4 is 10.5 Å². The lowest BCUT2D eigenvalue weighted by Gasteiger charge is -2.04. The van der Waals surface area contributed by atoms with Crippen molar-refractivity contribution in [2.75, 3.05) is 0 Å². The molecule has 0 fully saturated rings. The molecule has 3 aromatic rings. The number of rotatable bonds is 5. The second kappa shape index (κ2) is 5.61. The number of hydrogen-bond donors (Lipinski definition) is 1. The Kier molecular flexibility index (Phi) is 3.66. The van der Waals surface area contributed by atoms with E-state index in [1.807, 2.05) is 35.1 Å². The van der Waals surface area contributed by atoms with Crippen LogP contribution in [0.2, 0.25) is 0 Å². The maximum absolute atomic E-state index is 5.84. The van der Waals surface area contributed by atoms with Gasteiger partial charge < -0.3 is 14.9 Å². The van der Waals surface area contributed by atoms with E-state index in [-0.39, 0.29) is 0 Å². The number of furan rings is 1. The molecule has 2 heterocycles. The van der Waals surface area contributed by atoms with E-state index < -0.39 is 0 Å². The van der Waals surface area contributed by atoms with Crippen molar-refractivity contribution < 1.29 is 9.15 Å². The van der Waals surface area contributed by atoms with Crippen LogP contribution in [-0.4, -0.2) is 9.78 Å². The third kappa shape index (κ3) is 2.64. The fraction of sp³-hybridized carbons (Fsp3) is 0.312. The summed E-state index contributed by atoms with van der Waals surface area (Å²) >= 11 is 0. The van der Waals surface area contributed by atoms with E-state index in [2.05, 4.69) is 18.9 Å². The summed E-state index contributed by atoms with van der Waals surface area (Å²) in [6.07, 6.45) is 3.60. The highest BCUT2D eigenvalue weighted by Gasteiger charge is 2.13. The fourth-order valence-corrected chi connectivity index (χ4v) is 2.32. The lowest BCUT2D eigenvalue weighted by molar-refractivity contribution is 0.272. The van der Waals surface area contributed by atoms with Gasteiger partial charge in [0, 0.05) is 23.5 Å². The Hall–Kier alpha value is -2.27. The van der Waals surface area contributed by atoms with Gasteiger partial charge in [0.1, 0.15) is 18.0 Å². The predicted molar refractivity (Wildman–Crippen MR) is 81.0 cm³/mol. The molecule has 2 N–H and O–H groups in total. The molecule has 0 unspecified atom stereocenters. The van der Waals surface area contributed by atoms with Crippen molar-refractivity contribution in [2.24, 2.45) is 5.73 Å². The van der Waals surface area contributed by atoms with Gasteiger partial charge in [0.15, 0.2) is 5.75 Å². The standard InChI is InChI=1S/C16H19N3O2/c1-11(2)19-9-12(8-18-19)20-10-16-14(7-17)13-5-3-4-6-15(13)21-16/h3-6,8-9,11H,7,10,17H2,1-2H3. The highest BCUT2D eigenvalue weighted by atomic mass is 16.5. The summed E-state index contributed by atoms with van der Waals surface area (Å²) in [7, 11) is 0. The van der Waals surface area contributed by atoms with Crippen LogP contribution in [-0.2, 0) is 13.2 Å². The summed E-state index contributed by atoms with van der Waals surface area (Å²) < 4.78 is 13.5. The van der Waals surface area contributed by atoms with Crippen molar-refractivity contribution in [3.05, 3.63) is 48.0 Å². The molecular weight excluding hydrogens is 266 g/mol. The number of nitrogens with two attached hydrogens (primary N) is 1. The van der Waals surface area contributed by atoms with Gasteiger partial charge in [-0.15, -0.1) is 0 Å². The van der Waals surface area contributed by atoms with Crippen molar-refractivity contribution in [1.29, 1.82) is 0 Å². The average Bonchev–Trinajstić information content (AvgIpc) is 3.09. The first-order chi connectivity index (χ1) is 10.2. The third-order valence-corrected chi connectivity index (χ3v) is 3.46. The van der Waals surface area contributed by atoms with Crippen molar-refractivity contribution in [3.63, 3.8) is 0 Å². The molecule has 0 spiro atoms. The monoisotopic (exact) mass is 285 g/mol. The Bertz CT molecular complexity index is 743. The molecule has 0 radical (unpaired) electrons. The van der Waals surface area contributed by atoms with Crippen LogP contribution >= 0.6 is 0 Å². The Labute approximate surface area is 123 Å². The van der Waals surface area contributed by atoms with Gasteiger partial charge in [0.05, 0.1) is 12.4 Å². The first kappa shape index (κ1) is 13.7. The molecule has 21 heavy (non-hydrogen) atoms. The zero-order chi connectivity index (χ0) is 14.8. The molecule has 0 aliphatic heterocycles. The molecule has 0 aliphatic rings. The largest absolute Gasteiger partial charge is 0.482 e. The maximum atomic E-state index is 5.84. The van der Waals surface area contributed by atoms with E-state index in [1.54, 1.807) is 6.20 Å². The average molecular weight is 285 g/mol. The minimum absolute atomic E-state index is 0.313. The van der Waals surface area contributed by atoms with Crippen LogP contribution in [0.5, 0.6) is 5.75 Å². The summed E-state index contributed by atoms with van der Waals surface area (Å²) in [5, 5.41) is 5.30. The van der Waals surface area contributed by atoms with Crippen LogP contribution in [0.3, 0.4) is 0 Å². The fourth-order valence-electron chi connectivity index (χ4n) is 2.32. The molecule has 0 aliphatic carbocycles. The van der Waals surface area contributed by atoms with Crippen molar-refractivity contribution in [2.45, 2.75) is 33.0 Å². The minimum Gasteiger partial charge on any atom is -0.482 e. The second-order valence-electron chi connectivity index (χ2n) is 5.24. The first-order valence-corrected chi connectivity index (χ1v) is 7.05. The Balaban J connectivity index is 1.81. The number of benzene rings is 1. The van der Waals surface area contributed by atoms with Crippen LogP contribution in [0.15, 0.2) is 41.1 Å². The summed E-state index contributed by atoms with van der Waals surface area (Å²) in [4.78, 5) is 0. The van der Waals surface area contributed by atoms with Gasteiger partial charge >= 0.3 is 0 Å². The Morgan fingerprint density at radius 1 is 1.33 bits per heavy atom. The molecular formula is C16H19N3O2. The third-order valence-electron chi connectivity index (χ3n) is 3.46. The van der Waals surface area contributed by atoms with Gasteiger partial charge in [-0.1, -0.05) is 18.2 Å². The molecule has 5 nitrogen and oxygen atoms in total. The van der Waals surface area contributed by atoms with Crippen molar-refractivity contribution in [1.82, 2.24) is 9.78 Å². The molecule has 0 amide bonds. The van der Waals surface area contributed by atoms with Crippen molar-refractivity contribution in [3.8, 4) is 5.75 Å². The van der Waals surface area contributed by atoms with Gasteiger partial charge in [-0.05, 0) is 19.9 Å². The van der Waals surface area contributed by atoms with Crippen LogP contribution in [0, 0.1) is 0 Å². The topological polar surface area (TPSA) is 66.2 Å². The minimum atomic E-state index is 0.313. The summed E-state index contributed by atoms with van der Waals surface area (Å²) in [5.41, 5.74) is 7.69. The molecule has 5 heteroatoms. The van der Waals surface area contributed by atoms with Crippen LogP contribution in [0.25, 0.3) is 11.0 Å². The number of para-hydroxylation sites is 1. The lowest BCUT2D eigenvalue weighted by Crippen LogP contribution is -2.02. The Morgan fingerprint density at radius 2 is 2.14 bits per heavy atom. The smallest absolute Gasteiger partial charge is 0.157 e. The SMILES string of the molecule is CC(C)n1cc(OCc2oc3ccccc3c2CN)cn1. The lowest BCUT2D eigenvalue weighted by atomic mass is 10.1. The number of fused-ring (bicyclic) bond motifs is 1. The quantitative estimate of drug-likeness (QED) is 0.781. The number of ether oxygens (including phenoxy) is 1. The van der Waals surface area contributed by atoms with Crippen molar-refractivity contribution >= 4 is 11.0 Å².